The number of hydrogen-bond acceptors (Lipinski definition) is 8. The summed E-state index contributed by atoms with van der Waals surface area (Å²) >= 11 is 1.30. The molecule has 0 saturated heterocycles. The molecule has 0 spiro atoms. The highest BCUT2D eigenvalue weighted by molar-refractivity contribution is 7.15. The van der Waals surface area contributed by atoms with Crippen LogP contribution in [0.2, 0.25) is 0 Å². The molecule has 0 N–H and O–H groups in total. The molecule has 3 heterocycles. The van der Waals surface area contributed by atoms with E-state index < -0.39 is 5.97 Å². The quantitative estimate of drug-likeness (QED) is 0.312. The molecule has 1 aliphatic heterocycles. The third-order valence-corrected chi connectivity index (χ3v) is 6.17. The monoisotopic (exact) mass is 475 g/mol. The van der Waals surface area contributed by atoms with Crippen LogP contribution < -0.4 is 10.3 Å². The molecule has 0 atom stereocenters. The SMILES string of the molecule is COc1ccc(CN2C(=O)c3ccccc3C2=O)cc1C(=O)OCc1cc(=O)n2ccsc2n1. The van der Waals surface area contributed by atoms with E-state index >= 15 is 0 Å². The molecule has 0 fully saturated rings. The molecule has 0 aliphatic carbocycles. The predicted molar refractivity (Wildman–Crippen MR) is 122 cm³/mol. The van der Waals surface area contributed by atoms with Gasteiger partial charge >= 0.3 is 5.97 Å². The van der Waals surface area contributed by atoms with Crippen molar-refractivity contribution in [2.45, 2.75) is 13.2 Å². The summed E-state index contributed by atoms with van der Waals surface area (Å²) < 4.78 is 12.1. The number of aromatic nitrogens is 2. The van der Waals surface area contributed by atoms with E-state index in [1.807, 2.05) is 0 Å². The Bertz CT molecular complexity index is 1490. The van der Waals surface area contributed by atoms with Crippen LogP contribution in [0, 0.1) is 0 Å². The Morgan fingerprint density at radius 2 is 1.76 bits per heavy atom. The lowest BCUT2D eigenvalue weighted by Crippen LogP contribution is -2.29. The zero-order valence-electron chi connectivity index (χ0n) is 17.9. The van der Waals surface area contributed by atoms with Crippen LogP contribution in [0.25, 0.3) is 4.96 Å². The van der Waals surface area contributed by atoms with Crippen molar-refractivity contribution in [3.05, 3.63) is 98.4 Å². The molecule has 34 heavy (non-hydrogen) atoms. The molecule has 0 bridgehead atoms. The van der Waals surface area contributed by atoms with Gasteiger partial charge in [-0.1, -0.05) is 18.2 Å². The number of esters is 1. The number of imide groups is 1. The van der Waals surface area contributed by atoms with Gasteiger partial charge in [0.2, 0.25) is 0 Å². The fraction of sp³-hybridized carbons (Fsp3) is 0.125. The van der Waals surface area contributed by atoms with Gasteiger partial charge in [-0.2, -0.15) is 0 Å². The first-order valence-corrected chi connectivity index (χ1v) is 11.1. The Hall–Kier alpha value is -4.31. The first-order valence-electron chi connectivity index (χ1n) is 10.2. The second-order valence-electron chi connectivity index (χ2n) is 7.49. The van der Waals surface area contributed by atoms with E-state index in [9.17, 15) is 19.2 Å². The molecule has 2 amide bonds. The molecule has 0 saturated carbocycles. The first kappa shape index (κ1) is 21.5. The van der Waals surface area contributed by atoms with Crippen molar-refractivity contribution in [1.29, 1.82) is 0 Å². The van der Waals surface area contributed by atoms with E-state index in [-0.39, 0.29) is 41.8 Å². The normalized spacial score (nSPS) is 12.8. The molecular weight excluding hydrogens is 458 g/mol. The summed E-state index contributed by atoms with van der Waals surface area (Å²) in [6.45, 7) is -0.210. The van der Waals surface area contributed by atoms with Gasteiger partial charge in [0.1, 0.15) is 17.9 Å². The maximum Gasteiger partial charge on any atom is 0.342 e. The Morgan fingerprint density at radius 3 is 2.47 bits per heavy atom. The minimum absolute atomic E-state index is 0.00993. The summed E-state index contributed by atoms with van der Waals surface area (Å²) in [6.07, 6.45) is 1.62. The van der Waals surface area contributed by atoms with Crippen LogP contribution in [-0.4, -0.2) is 39.2 Å². The largest absolute Gasteiger partial charge is 0.496 e. The molecule has 170 valence electrons. The van der Waals surface area contributed by atoms with Crippen LogP contribution in [0.1, 0.15) is 42.3 Å². The average Bonchev–Trinajstić information content (AvgIpc) is 3.42. The van der Waals surface area contributed by atoms with Gasteiger partial charge in [0.15, 0.2) is 4.96 Å². The first-order chi connectivity index (χ1) is 16.5. The third kappa shape index (κ3) is 3.73. The minimum Gasteiger partial charge on any atom is -0.496 e. The maximum absolute atomic E-state index is 12.8. The van der Waals surface area contributed by atoms with Crippen LogP contribution in [0.3, 0.4) is 0 Å². The summed E-state index contributed by atoms with van der Waals surface area (Å²) in [5, 5.41) is 1.74. The van der Waals surface area contributed by atoms with Gasteiger partial charge in [0.25, 0.3) is 17.4 Å². The zero-order valence-corrected chi connectivity index (χ0v) is 18.7. The van der Waals surface area contributed by atoms with E-state index in [2.05, 4.69) is 4.98 Å². The van der Waals surface area contributed by atoms with Gasteiger partial charge in [-0.05, 0) is 29.8 Å². The Kier molecular flexibility index (Phi) is 5.42. The van der Waals surface area contributed by atoms with Crippen molar-refractivity contribution in [3.8, 4) is 5.75 Å². The van der Waals surface area contributed by atoms with Crippen molar-refractivity contribution >= 4 is 34.1 Å². The molecule has 10 heteroatoms. The minimum atomic E-state index is -0.686. The van der Waals surface area contributed by atoms with Crippen molar-refractivity contribution in [3.63, 3.8) is 0 Å². The van der Waals surface area contributed by atoms with Gasteiger partial charge in [0.05, 0.1) is 30.5 Å². The number of hydrogen-bond donors (Lipinski definition) is 0. The summed E-state index contributed by atoms with van der Waals surface area (Å²) in [7, 11) is 1.42. The average molecular weight is 475 g/mol. The van der Waals surface area contributed by atoms with Crippen molar-refractivity contribution in [1.82, 2.24) is 14.3 Å². The van der Waals surface area contributed by atoms with Crippen LogP contribution in [0.5, 0.6) is 5.75 Å². The number of carbonyl (C=O) groups excluding carboxylic acids is 3. The van der Waals surface area contributed by atoms with E-state index in [0.717, 1.165) is 4.90 Å². The van der Waals surface area contributed by atoms with Crippen LogP contribution in [0.15, 0.2) is 64.9 Å². The van der Waals surface area contributed by atoms with Crippen LogP contribution in [-0.2, 0) is 17.9 Å². The molecule has 1 aliphatic rings. The number of rotatable bonds is 6. The second-order valence-corrected chi connectivity index (χ2v) is 8.37. The highest BCUT2D eigenvalue weighted by Gasteiger charge is 2.35. The third-order valence-electron chi connectivity index (χ3n) is 5.41. The Labute approximate surface area is 196 Å². The predicted octanol–water partition coefficient (Wildman–Crippen LogP) is 2.92. The van der Waals surface area contributed by atoms with Gasteiger partial charge in [-0.25, -0.2) is 9.78 Å². The van der Waals surface area contributed by atoms with Gasteiger partial charge < -0.3 is 9.47 Å². The molecule has 9 nitrogen and oxygen atoms in total. The second kappa shape index (κ2) is 8.56. The van der Waals surface area contributed by atoms with Crippen LogP contribution >= 0.6 is 11.3 Å². The fourth-order valence-electron chi connectivity index (χ4n) is 3.76. The highest BCUT2D eigenvalue weighted by atomic mass is 32.1. The number of nitrogens with zero attached hydrogens (tertiary/aromatic N) is 3. The lowest BCUT2D eigenvalue weighted by Gasteiger charge is -2.16. The smallest absolute Gasteiger partial charge is 0.342 e. The van der Waals surface area contributed by atoms with Crippen molar-refractivity contribution < 1.29 is 23.9 Å². The fourth-order valence-corrected chi connectivity index (χ4v) is 4.50. The van der Waals surface area contributed by atoms with Gasteiger partial charge in [-0.3, -0.25) is 23.7 Å². The molecule has 0 radical (unpaired) electrons. The van der Waals surface area contributed by atoms with Crippen LogP contribution in [0.4, 0.5) is 0 Å². The van der Waals surface area contributed by atoms with Gasteiger partial charge in [0, 0.05) is 17.6 Å². The standard InChI is InChI=1S/C24H17N3O6S/c1-32-19-7-6-14(12-27-21(29)16-4-2-3-5-17(16)22(27)30)10-18(19)23(31)33-13-15-11-20(28)26-8-9-34-24(26)25-15/h2-11H,12-13H2,1H3. The molecule has 2 aromatic heterocycles. The summed E-state index contributed by atoms with van der Waals surface area (Å²) in [5.74, 6) is -1.18. The lowest BCUT2D eigenvalue weighted by molar-refractivity contribution is 0.0463. The molecule has 5 rings (SSSR count). The van der Waals surface area contributed by atoms with Gasteiger partial charge in [-0.15, -0.1) is 11.3 Å². The summed E-state index contributed by atoms with van der Waals surface area (Å²) in [6, 6.07) is 12.7. The summed E-state index contributed by atoms with van der Waals surface area (Å²) in [4.78, 5) is 56.3. The molecule has 2 aromatic carbocycles. The number of carbonyl (C=O) groups is 3. The number of benzene rings is 2. The van der Waals surface area contributed by atoms with Crippen molar-refractivity contribution in [2.24, 2.45) is 0 Å². The Morgan fingerprint density at radius 1 is 1.03 bits per heavy atom. The number of thiazole rings is 1. The van der Waals surface area contributed by atoms with E-state index in [1.54, 1.807) is 48.0 Å². The van der Waals surface area contributed by atoms with Crippen molar-refractivity contribution in [2.75, 3.05) is 7.11 Å². The number of fused-ring (bicyclic) bond motifs is 2. The molecular formula is C24H17N3O6S. The van der Waals surface area contributed by atoms with E-state index in [1.165, 1.54) is 35.0 Å². The number of methoxy groups -OCH3 is 1. The molecule has 0 unspecified atom stereocenters. The topological polar surface area (TPSA) is 107 Å². The highest BCUT2D eigenvalue weighted by Crippen LogP contribution is 2.27. The molecule has 4 aromatic rings. The lowest BCUT2D eigenvalue weighted by atomic mass is 10.1. The number of ether oxygens (including phenoxy) is 2. The summed E-state index contributed by atoms with van der Waals surface area (Å²) in [5.41, 5.74) is 1.45. The maximum atomic E-state index is 12.8. The van der Waals surface area contributed by atoms with E-state index in [0.29, 0.717) is 27.3 Å². The number of amides is 2. The Balaban J connectivity index is 1.35. The van der Waals surface area contributed by atoms with E-state index in [4.69, 9.17) is 9.47 Å². The zero-order chi connectivity index (χ0) is 23.8.